The van der Waals surface area contributed by atoms with Crippen molar-refractivity contribution >= 4 is 35.8 Å². The molecule has 0 radical (unpaired) electrons. The van der Waals surface area contributed by atoms with Crippen molar-refractivity contribution in [2.24, 2.45) is 10.4 Å². The predicted molar refractivity (Wildman–Crippen MR) is 120 cm³/mol. The Labute approximate surface area is 183 Å². The number of carbonyl (C=O) groups is 1. The van der Waals surface area contributed by atoms with E-state index in [2.05, 4.69) is 27.8 Å². The Morgan fingerprint density at radius 2 is 2.11 bits per heavy atom. The molecule has 0 saturated carbocycles. The van der Waals surface area contributed by atoms with Gasteiger partial charge in [-0.05, 0) is 30.4 Å². The summed E-state index contributed by atoms with van der Waals surface area (Å²) in [5, 5.41) is 15.7. The minimum absolute atomic E-state index is 0. The molecule has 1 atom stereocenters. The number of aliphatic imine (C=N–C) groups is 1. The van der Waals surface area contributed by atoms with Crippen LogP contribution < -0.4 is 10.6 Å². The number of fused-ring (bicyclic) bond motifs is 1. The van der Waals surface area contributed by atoms with Gasteiger partial charge in [-0.25, -0.2) is 0 Å². The first-order valence-electron chi connectivity index (χ1n) is 9.63. The molecule has 0 aliphatic carbocycles. The molecular weight excluding hydrogens is 471 g/mol. The Kier molecular flexibility index (Phi) is 8.97. The Balaban J connectivity index is 0.00000280. The molecule has 0 spiro atoms. The van der Waals surface area contributed by atoms with E-state index in [4.69, 9.17) is 4.74 Å². The summed E-state index contributed by atoms with van der Waals surface area (Å²) in [5.41, 5.74) is 2.50. The van der Waals surface area contributed by atoms with Crippen LogP contribution in [0, 0.1) is 5.41 Å². The second kappa shape index (κ2) is 11.0. The summed E-state index contributed by atoms with van der Waals surface area (Å²) in [4.78, 5) is 18.7. The number of nitrogens with one attached hydrogen (secondary N) is 2. The maximum Gasteiger partial charge on any atom is 0.242 e. The fourth-order valence-electron chi connectivity index (χ4n) is 3.78. The highest BCUT2D eigenvalue weighted by Crippen LogP contribution is 2.31. The number of aliphatic hydroxyl groups excluding tert-OH is 1. The van der Waals surface area contributed by atoms with Gasteiger partial charge in [0.1, 0.15) is 0 Å². The average Bonchev–Trinajstić information content (AvgIpc) is 3.16. The van der Waals surface area contributed by atoms with E-state index in [1.165, 1.54) is 11.1 Å². The van der Waals surface area contributed by atoms with Crippen LogP contribution in [0.4, 0.5) is 0 Å². The third-order valence-corrected chi connectivity index (χ3v) is 5.57. The van der Waals surface area contributed by atoms with Crippen LogP contribution in [0.3, 0.4) is 0 Å². The van der Waals surface area contributed by atoms with Crippen molar-refractivity contribution in [2.45, 2.75) is 25.8 Å². The Hall–Kier alpha value is -1.39. The van der Waals surface area contributed by atoms with E-state index >= 15 is 0 Å². The predicted octanol–water partition coefficient (Wildman–Crippen LogP) is 1.14. The lowest BCUT2D eigenvalue weighted by Gasteiger charge is -2.30. The van der Waals surface area contributed by atoms with Gasteiger partial charge in [0.2, 0.25) is 5.91 Å². The maximum atomic E-state index is 12.6. The third kappa shape index (κ3) is 5.81. The standard InChI is InChI=1S/C20H30N4O3.HI/c1-21-19(23-14-20(7-10-25)8-11-27-15-20)22-12-18(26)24-9-6-16-4-2-3-5-17(16)13-24;/h2-5,25H,6-15H2,1H3,(H2,21,22,23);1H. The van der Waals surface area contributed by atoms with E-state index < -0.39 is 0 Å². The van der Waals surface area contributed by atoms with E-state index in [0.717, 1.165) is 26.0 Å². The molecule has 156 valence electrons. The zero-order valence-corrected chi connectivity index (χ0v) is 18.8. The zero-order chi connectivity index (χ0) is 19.1. The highest BCUT2D eigenvalue weighted by atomic mass is 127. The van der Waals surface area contributed by atoms with Crippen molar-refractivity contribution in [1.29, 1.82) is 0 Å². The fourth-order valence-corrected chi connectivity index (χ4v) is 3.78. The number of aliphatic hydroxyl groups is 1. The molecule has 1 unspecified atom stereocenters. The van der Waals surface area contributed by atoms with Crippen molar-refractivity contribution < 1.29 is 14.6 Å². The highest BCUT2D eigenvalue weighted by Gasteiger charge is 2.34. The Bertz CT molecular complexity index is 677. The summed E-state index contributed by atoms with van der Waals surface area (Å²) in [6, 6.07) is 8.29. The maximum absolute atomic E-state index is 12.6. The van der Waals surface area contributed by atoms with Crippen molar-refractivity contribution in [3.8, 4) is 0 Å². The molecule has 0 bridgehead atoms. The second-order valence-electron chi connectivity index (χ2n) is 7.39. The molecule has 2 aliphatic heterocycles. The smallest absolute Gasteiger partial charge is 0.242 e. The molecule has 3 N–H and O–H groups in total. The number of benzene rings is 1. The van der Waals surface area contributed by atoms with Crippen LogP contribution in [0.15, 0.2) is 29.3 Å². The van der Waals surface area contributed by atoms with Gasteiger partial charge in [0.15, 0.2) is 5.96 Å². The van der Waals surface area contributed by atoms with E-state index in [1.54, 1.807) is 7.05 Å². The highest BCUT2D eigenvalue weighted by molar-refractivity contribution is 14.0. The number of guanidine groups is 1. The summed E-state index contributed by atoms with van der Waals surface area (Å²) in [6.07, 6.45) is 2.52. The van der Waals surface area contributed by atoms with Crippen LogP contribution >= 0.6 is 24.0 Å². The number of nitrogens with zero attached hydrogens (tertiary/aromatic N) is 2. The van der Waals surface area contributed by atoms with Crippen LogP contribution in [0.25, 0.3) is 0 Å². The number of rotatable bonds is 6. The van der Waals surface area contributed by atoms with Crippen molar-refractivity contribution in [1.82, 2.24) is 15.5 Å². The molecule has 28 heavy (non-hydrogen) atoms. The van der Waals surface area contributed by atoms with Crippen LogP contribution in [0.1, 0.15) is 24.0 Å². The molecule has 1 fully saturated rings. The van der Waals surface area contributed by atoms with Gasteiger partial charge in [-0.1, -0.05) is 24.3 Å². The largest absolute Gasteiger partial charge is 0.396 e. The van der Waals surface area contributed by atoms with Gasteiger partial charge in [0.25, 0.3) is 0 Å². The zero-order valence-electron chi connectivity index (χ0n) is 16.4. The monoisotopic (exact) mass is 502 g/mol. The third-order valence-electron chi connectivity index (χ3n) is 5.57. The summed E-state index contributed by atoms with van der Waals surface area (Å²) in [7, 11) is 1.70. The number of amides is 1. The minimum atomic E-state index is -0.0625. The summed E-state index contributed by atoms with van der Waals surface area (Å²) in [5.74, 6) is 0.673. The first-order chi connectivity index (χ1) is 13.2. The van der Waals surface area contributed by atoms with Crippen LogP contribution in [0.2, 0.25) is 0 Å². The van der Waals surface area contributed by atoms with Crippen molar-refractivity contribution in [3.63, 3.8) is 0 Å². The van der Waals surface area contributed by atoms with Crippen LogP contribution in [0.5, 0.6) is 0 Å². The van der Waals surface area contributed by atoms with Crippen LogP contribution in [-0.4, -0.2) is 68.4 Å². The van der Waals surface area contributed by atoms with E-state index in [0.29, 0.717) is 32.1 Å². The molecule has 2 aliphatic rings. The fraction of sp³-hybridized carbons (Fsp3) is 0.600. The number of ether oxygens (including phenoxy) is 1. The van der Waals surface area contributed by atoms with Crippen LogP contribution in [-0.2, 0) is 22.5 Å². The van der Waals surface area contributed by atoms with E-state index in [-0.39, 0.29) is 48.5 Å². The molecule has 1 aromatic carbocycles. The molecule has 7 nitrogen and oxygen atoms in total. The normalized spacial score (nSPS) is 21.6. The lowest BCUT2D eigenvalue weighted by atomic mass is 9.84. The van der Waals surface area contributed by atoms with Gasteiger partial charge in [0, 0.05) is 45.3 Å². The van der Waals surface area contributed by atoms with E-state index in [9.17, 15) is 9.90 Å². The van der Waals surface area contributed by atoms with Gasteiger partial charge in [-0.2, -0.15) is 0 Å². The first-order valence-corrected chi connectivity index (χ1v) is 9.63. The van der Waals surface area contributed by atoms with Gasteiger partial charge in [-0.15, -0.1) is 24.0 Å². The SMILES string of the molecule is CN=C(NCC(=O)N1CCc2ccccc2C1)NCC1(CCO)CCOC1.I. The molecule has 1 aromatic rings. The number of carbonyl (C=O) groups excluding carboxylic acids is 1. The Morgan fingerprint density at radius 3 is 2.79 bits per heavy atom. The molecule has 3 rings (SSSR count). The quantitative estimate of drug-likeness (QED) is 0.309. The molecular formula is C20H31IN4O3. The first kappa shape index (κ1) is 22.9. The van der Waals surface area contributed by atoms with E-state index in [1.807, 2.05) is 17.0 Å². The summed E-state index contributed by atoms with van der Waals surface area (Å²) >= 11 is 0. The second-order valence-corrected chi connectivity index (χ2v) is 7.39. The number of halogens is 1. The van der Waals surface area contributed by atoms with Gasteiger partial charge < -0.3 is 25.4 Å². The van der Waals surface area contributed by atoms with Gasteiger partial charge in [0.05, 0.1) is 13.2 Å². The topological polar surface area (TPSA) is 86.2 Å². The minimum Gasteiger partial charge on any atom is -0.396 e. The molecule has 8 heteroatoms. The molecule has 1 saturated heterocycles. The van der Waals surface area contributed by atoms with Gasteiger partial charge in [-0.3, -0.25) is 9.79 Å². The number of hydrogen-bond donors (Lipinski definition) is 3. The molecule has 2 heterocycles. The Morgan fingerprint density at radius 1 is 1.32 bits per heavy atom. The number of hydrogen-bond acceptors (Lipinski definition) is 4. The molecule has 1 amide bonds. The van der Waals surface area contributed by atoms with Crippen molar-refractivity contribution in [3.05, 3.63) is 35.4 Å². The van der Waals surface area contributed by atoms with Crippen molar-refractivity contribution in [2.75, 3.05) is 46.5 Å². The summed E-state index contributed by atoms with van der Waals surface area (Å²) in [6.45, 7) is 3.81. The average molecular weight is 502 g/mol. The van der Waals surface area contributed by atoms with Gasteiger partial charge >= 0.3 is 0 Å². The lowest BCUT2D eigenvalue weighted by Crippen LogP contribution is -2.48. The lowest BCUT2D eigenvalue weighted by molar-refractivity contribution is -0.130. The molecule has 0 aromatic heterocycles. The summed E-state index contributed by atoms with van der Waals surface area (Å²) < 4.78 is 5.51.